The molecule has 1 aromatic rings. The maximum absolute atomic E-state index is 4.37. The van der Waals surface area contributed by atoms with Crippen LogP contribution in [0.25, 0.3) is 0 Å². The Hall–Kier alpha value is -1.15. The van der Waals surface area contributed by atoms with E-state index in [1.165, 1.54) is 11.1 Å². The summed E-state index contributed by atoms with van der Waals surface area (Å²) in [5, 5.41) is 3.57. The van der Waals surface area contributed by atoms with Gasteiger partial charge in [0.25, 0.3) is 0 Å². The second-order valence-electron chi connectivity index (χ2n) is 4.55. The lowest BCUT2D eigenvalue weighted by Gasteiger charge is -2.19. The molecule has 0 amide bonds. The molecule has 0 aliphatic heterocycles. The van der Waals surface area contributed by atoms with Gasteiger partial charge in [-0.3, -0.25) is 4.98 Å². The number of hydrogen-bond acceptors (Lipinski definition) is 2. The first-order valence-electron chi connectivity index (χ1n) is 6.50. The summed E-state index contributed by atoms with van der Waals surface area (Å²) in [6, 6.07) is 4.60. The van der Waals surface area contributed by atoms with Crippen molar-refractivity contribution >= 4 is 0 Å². The third kappa shape index (κ3) is 4.70. The third-order valence-corrected chi connectivity index (χ3v) is 2.97. The van der Waals surface area contributed by atoms with Crippen molar-refractivity contribution in [2.75, 3.05) is 6.54 Å². The zero-order valence-electron chi connectivity index (χ0n) is 11.3. The van der Waals surface area contributed by atoms with E-state index >= 15 is 0 Å². The Labute approximate surface area is 105 Å². The quantitative estimate of drug-likeness (QED) is 0.724. The fourth-order valence-electron chi connectivity index (χ4n) is 1.74. The van der Waals surface area contributed by atoms with Crippen molar-refractivity contribution in [3.8, 4) is 0 Å². The van der Waals surface area contributed by atoms with E-state index in [0.717, 1.165) is 31.5 Å². The number of aromatic nitrogens is 1. The minimum atomic E-state index is 0.357. The summed E-state index contributed by atoms with van der Waals surface area (Å²) in [7, 11) is 0. The Morgan fingerprint density at radius 2 is 2.18 bits per heavy atom. The van der Waals surface area contributed by atoms with E-state index in [4.69, 9.17) is 0 Å². The van der Waals surface area contributed by atoms with Crippen molar-refractivity contribution in [1.29, 1.82) is 0 Å². The molecular weight excluding hydrogens is 208 g/mol. The summed E-state index contributed by atoms with van der Waals surface area (Å²) in [6.45, 7) is 11.5. The van der Waals surface area contributed by atoms with Gasteiger partial charge >= 0.3 is 0 Å². The molecule has 0 saturated heterocycles. The molecule has 94 valence electrons. The van der Waals surface area contributed by atoms with Gasteiger partial charge in [0.2, 0.25) is 0 Å². The first kappa shape index (κ1) is 13.9. The molecule has 2 nitrogen and oxygen atoms in total. The average molecular weight is 232 g/mol. The standard InChI is InChI=1S/C15H24N2/c1-5-9-16-15(10-12(3)6-2)14-8-7-13(4)17-11-14/h7-8,11,15-16H,3,5-6,9-10H2,1-2,4H3. The van der Waals surface area contributed by atoms with Gasteiger partial charge in [0.05, 0.1) is 0 Å². The van der Waals surface area contributed by atoms with Gasteiger partial charge in [-0.1, -0.05) is 32.1 Å². The van der Waals surface area contributed by atoms with E-state index in [-0.39, 0.29) is 0 Å². The Bertz CT molecular complexity index is 340. The van der Waals surface area contributed by atoms with Crippen molar-refractivity contribution in [2.45, 2.75) is 46.1 Å². The lowest BCUT2D eigenvalue weighted by Crippen LogP contribution is -2.22. The Kier molecular flexibility index (Phi) is 5.92. The first-order valence-corrected chi connectivity index (χ1v) is 6.50. The number of pyridine rings is 1. The topological polar surface area (TPSA) is 24.9 Å². The van der Waals surface area contributed by atoms with Crippen LogP contribution in [-0.2, 0) is 0 Å². The normalized spacial score (nSPS) is 12.4. The molecule has 17 heavy (non-hydrogen) atoms. The monoisotopic (exact) mass is 232 g/mol. The number of nitrogens with one attached hydrogen (secondary N) is 1. The molecule has 1 atom stereocenters. The molecular formula is C15H24N2. The van der Waals surface area contributed by atoms with E-state index in [1.807, 2.05) is 13.1 Å². The van der Waals surface area contributed by atoms with Gasteiger partial charge < -0.3 is 5.32 Å². The van der Waals surface area contributed by atoms with Crippen LogP contribution in [0.15, 0.2) is 30.5 Å². The van der Waals surface area contributed by atoms with E-state index < -0.39 is 0 Å². The molecule has 0 radical (unpaired) electrons. The highest BCUT2D eigenvalue weighted by molar-refractivity contribution is 5.19. The fourth-order valence-corrected chi connectivity index (χ4v) is 1.74. The highest BCUT2D eigenvalue weighted by Gasteiger charge is 2.11. The Balaban J connectivity index is 2.74. The number of nitrogens with zero attached hydrogens (tertiary/aromatic N) is 1. The minimum Gasteiger partial charge on any atom is -0.310 e. The molecule has 0 spiro atoms. The molecule has 0 fully saturated rings. The molecule has 0 aromatic carbocycles. The summed E-state index contributed by atoms with van der Waals surface area (Å²) in [6.07, 6.45) is 5.17. The highest BCUT2D eigenvalue weighted by Crippen LogP contribution is 2.21. The summed E-state index contributed by atoms with van der Waals surface area (Å²) >= 11 is 0. The van der Waals surface area contributed by atoms with Crippen LogP contribution in [0.5, 0.6) is 0 Å². The van der Waals surface area contributed by atoms with E-state index in [0.29, 0.717) is 6.04 Å². The average Bonchev–Trinajstić information content (AvgIpc) is 2.35. The van der Waals surface area contributed by atoms with Crippen molar-refractivity contribution in [2.24, 2.45) is 0 Å². The molecule has 1 unspecified atom stereocenters. The number of aryl methyl sites for hydroxylation is 1. The van der Waals surface area contributed by atoms with Gasteiger partial charge in [0.1, 0.15) is 0 Å². The third-order valence-electron chi connectivity index (χ3n) is 2.97. The van der Waals surface area contributed by atoms with Crippen LogP contribution in [0.1, 0.15) is 50.4 Å². The smallest absolute Gasteiger partial charge is 0.0372 e. The largest absolute Gasteiger partial charge is 0.310 e. The molecule has 1 N–H and O–H groups in total. The first-order chi connectivity index (χ1) is 8.17. The molecule has 2 heteroatoms. The molecule has 0 saturated carbocycles. The van der Waals surface area contributed by atoms with Crippen molar-refractivity contribution in [1.82, 2.24) is 10.3 Å². The summed E-state index contributed by atoms with van der Waals surface area (Å²) in [5.74, 6) is 0. The molecule has 0 aliphatic carbocycles. The summed E-state index contributed by atoms with van der Waals surface area (Å²) < 4.78 is 0. The number of rotatable bonds is 7. The van der Waals surface area contributed by atoms with Gasteiger partial charge in [-0.2, -0.15) is 0 Å². The van der Waals surface area contributed by atoms with Gasteiger partial charge in [0, 0.05) is 17.9 Å². The van der Waals surface area contributed by atoms with E-state index in [9.17, 15) is 0 Å². The lowest BCUT2D eigenvalue weighted by atomic mass is 9.99. The summed E-state index contributed by atoms with van der Waals surface area (Å²) in [5.41, 5.74) is 3.62. The second-order valence-corrected chi connectivity index (χ2v) is 4.55. The van der Waals surface area contributed by atoms with Crippen molar-refractivity contribution < 1.29 is 0 Å². The van der Waals surface area contributed by atoms with Gasteiger partial charge in [-0.05, 0) is 44.4 Å². The molecule has 1 heterocycles. The minimum absolute atomic E-state index is 0.357. The Morgan fingerprint density at radius 3 is 2.71 bits per heavy atom. The zero-order chi connectivity index (χ0) is 12.7. The van der Waals surface area contributed by atoms with Crippen LogP contribution >= 0.6 is 0 Å². The maximum Gasteiger partial charge on any atom is 0.0372 e. The van der Waals surface area contributed by atoms with Crippen molar-refractivity contribution in [3.63, 3.8) is 0 Å². The van der Waals surface area contributed by atoms with Crippen LogP contribution in [0.4, 0.5) is 0 Å². The zero-order valence-corrected chi connectivity index (χ0v) is 11.3. The SMILES string of the molecule is C=C(CC)CC(NCCC)c1ccc(C)nc1. The number of hydrogen-bond donors (Lipinski definition) is 1. The Morgan fingerprint density at radius 1 is 1.41 bits per heavy atom. The molecule has 0 bridgehead atoms. The van der Waals surface area contributed by atoms with Crippen LogP contribution in [-0.4, -0.2) is 11.5 Å². The lowest BCUT2D eigenvalue weighted by molar-refractivity contribution is 0.522. The molecule has 0 aliphatic rings. The second kappa shape index (κ2) is 7.23. The van der Waals surface area contributed by atoms with Gasteiger partial charge in [-0.25, -0.2) is 0 Å². The van der Waals surface area contributed by atoms with Crippen LogP contribution in [0.2, 0.25) is 0 Å². The predicted octanol–water partition coefficient (Wildman–Crippen LogP) is 3.79. The van der Waals surface area contributed by atoms with Gasteiger partial charge in [-0.15, -0.1) is 0 Å². The van der Waals surface area contributed by atoms with E-state index in [2.05, 4.69) is 42.9 Å². The van der Waals surface area contributed by atoms with Crippen LogP contribution in [0.3, 0.4) is 0 Å². The maximum atomic E-state index is 4.37. The van der Waals surface area contributed by atoms with E-state index in [1.54, 1.807) is 0 Å². The van der Waals surface area contributed by atoms with Crippen molar-refractivity contribution in [3.05, 3.63) is 41.7 Å². The molecule has 1 rings (SSSR count). The van der Waals surface area contributed by atoms with Crippen LogP contribution in [0, 0.1) is 6.92 Å². The van der Waals surface area contributed by atoms with Crippen LogP contribution < -0.4 is 5.32 Å². The van der Waals surface area contributed by atoms with Gasteiger partial charge in [0.15, 0.2) is 0 Å². The fraction of sp³-hybridized carbons (Fsp3) is 0.533. The summed E-state index contributed by atoms with van der Waals surface area (Å²) in [4.78, 5) is 4.37. The molecule has 1 aromatic heterocycles. The predicted molar refractivity (Wildman–Crippen MR) is 74.1 cm³/mol. The highest BCUT2D eigenvalue weighted by atomic mass is 14.9.